The number of carbonyl (C=O) groups excluding carboxylic acids is 2. The van der Waals surface area contributed by atoms with Crippen molar-refractivity contribution in [2.45, 2.75) is 0 Å². The molecule has 30 heavy (non-hydrogen) atoms. The van der Waals surface area contributed by atoms with Crippen molar-refractivity contribution in [1.29, 1.82) is 0 Å². The van der Waals surface area contributed by atoms with Gasteiger partial charge >= 0.3 is 0 Å². The van der Waals surface area contributed by atoms with Crippen LogP contribution in [0.3, 0.4) is 0 Å². The summed E-state index contributed by atoms with van der Waals surface area (Å²) in [5.41, 5.74) is 4.37. The Hall–Kier alpha value is -3.70. The Morgan fingerprint density at radius 1 is 0.567 bits per heavy atom. The Morgan fingerprint density at radius 3 is 1.43 bits per heavy atom. The average Bonchev–Trinajstić information content (AvgIpc) is 3.48. The lowest BCUT2D eigenvalue weighted by molar-refractivity contribution is 0.0978. The molecular formula is C26H12O2S2. The Balaban J connectivity index is 1.73. The highest BCUT2D eigenvalue weighted by Crippen LogP contribution is 2.31. The van der Waals surface area contributed by atoms with E-state index in [2.05, 4.69) is 23.7 Å². The SMILES string of the molecule is O=C1c2ccccc2C(=O)c2c(C#Cc3ccsc3)ccc(C#Cc3ccsc3)c21. The summed E-state index contributed by atoms with van der Waals surface area (Å²) in [4.78, 5) is 26.7. The third-order valence-corrected chi connectivity index (χ3v) is 6.17. The van der Waals surface area contributed by atoms with Crippen molar-refractivity contribution in [2.75, 3.05) is 0 Å². The maximum absolute atomic E-state index is 13.4. The largest absolute Gasteiger partial charge is 0.289 e. The lowest BCUT2D eigenvalue weighted by atomic mass is 9.79. The van der Waals surface area contributed by atoms with Gasteiger partial charge in [-0.15, -0.1) is 0 Å². The van der Waals surface area contributed by atoms with Gasteiger partial charge in [0.15, 0.2) is 11.6 Å². The van der Waals surface area contributed by atoms with Crippen LogP contribution in [0.4, 0.5) is 0 Å². The van der Waals surface area contributed by atoms with Crippen LogP contribution in [-0.4, -0.2) is 11.6 Å². The molecule has 0 saturated carbocycles. The van der Waals surface area contributed by atoms with Gasteiger partial charge in [0.25, 0.3) is 0 Å². The molecule has 140 valence electrons. The lowest BCUT2D eigenvalue weighted by Gasteiger charge is -2.19. The molecule has 1 aliphatic carbocycles. The van der Waals surface area contributed by atoms with Crippen LogP contribution in [0.5, 0.6) is 0 Å². The van der Waals surface area contributed by atoms with Crippen LogP contribution >= 0.6 is 22.7 Å². The third-order valence-electron chi connectivity index (χ3n) is 4.80. The van der Waals surface area contributed by atoms with E-state index in [0.717, 1.165) is 11.1 Å². The number of fused-ring (bicyclic) bond motifs is 2. The summed E-state index contributed by atoms with van der Waals surface area (Å²) in [6, 6.07) is 14.3. The number of hydrogen-bond acceptors (Lipinski definition) is 4. The molecule has 0 fully saturated rings. The summed E-state index contributed by atoms with van der Waals surface area (Å²) < 4.78 is 0. The van der Waals surface area contributed by atoms with Crippen LogP contribution in [0.15, 0.2) is 70.1 Å². The molecule has 0 radical (unpaired) electrons. The van der Waals surface area contributed by atoms with E-state index in [-0.39, 0.29) is 11.6 Å². The van der Waals surface area contributed by atoms with Crippen molar-refractivity contribution >= 4 is 34.2 Å². The van der Waals surface area contributed by atoms with Crippen LogP contribution in [0, 0.1) is 23.7 Å². The van der Waals surface area contributed by atoms with Crippen LogP contribution in [0.25, 0.3) is 0 Å². The molecule has 0 unspecified atom stereocenters. The first-order valence-corrected chi connectivity index (χ1v) is 11.0. The highest BCUT2D eigenvalue weighted by molar-refractivity contribution is 7.08. The van der Waals surface area contributed by atoms with Crippen molar-refractivity contribution in [3.8, 4) is 23.7 Å². The monoisotopic (exact) mass is 420 g/mol. The Kier molecular flexibility index (Phi) is 4.65. The Labute approximate surface area is 181 Å². The van der Waals surface area contributed by atoms with Gasteiger partial charge in [-0.3, -0.25) is 9.59 Å². The molecule has 4 heteroatoms. The van der Waals surface area contributed by atoms with Crippen molar-refractivity contribution in [2.24, 2.45) is 0 Å². The van der Waals surface area contributed by atoms with E-state index < -0.39 is 0 Å². The van der Waals surface area contributed by atoms with Crippen LogP contribution < -0.4 is 0 Å². The minimum absolute atomic E-state index is 0.186. The molecule has 2 nitrogen and oxygen atoms in total. The number of benzene rings is 2. The van der Waals surface area contributed by atoms with Crippen molar-refractivity contribution in [3.05, 3.63) is 115 Å². The summed E-state index contributed by atoms with van der Waals surface area (Å²) in [5.74, 6) is 12.0. The summed E-state index contributed by atoms with van der Waals surface area (Å²) in [6.45, 7) is 0. The number of hydrogen-bond donors (Lipinski definition) is 0. The number of thiophene rings is 2. The van der Waals surface area contributed by atoms with Crippen LogP contribution in [0.1, 0.15) is 54.1 Å². The predicted molar refractivity (Wildman–Crippen MR) is 120 cm³/mol. The molecule has 0 amide bonds. The normalized spacial score (nSPS) is 11.6. The quantitative estimate of drug-likeness (QED) is 0.315. The second-order valence-corrected chi connectivity index (χ2v) is 8.20. The van der Waals surface area contributed by atoms with E-state index in [9.17, 15) is 9.59 Å². The first-order chi connectivity index (χ1) is 14.7. The molecule has 5 rings (SSSR count). The molecular weight excluding hydrogens is 408 g/mol. The predicted octanol–water partition coefficient (Wildman–Crippen LogP) is 5.38. The van der Waals surface area contributed by atoms with Gasteiger partial charge in [-0.05, 0) is 35.0 Å². The fourth-order valence-electron chi connectivity index (χ4n) is 3.38. The molecule has 0 bridgehead atoms. The zero-order chi connectivity index (χ0) is 20.5. The van der Waals surface area contributed by atoms with Gasteiger partial charge in [-0.25, -0.2) is 0 Å². The van der Waals surface area contributed by atoms with Gasteiger partial charge in [-0.1, -0.05) is 47.9 Å². The first kappa shape index (κ1) is 18.3. The second-order valence-electron chi connectivity index (χ2n) is 6.64. The number of rotatable bonds is 0. The van der Waals surface area contributed by atoms with Crippen LogP contribution in [-0.2, 0) is 0 Å². The zero-order valence-electron chi connectivity index (χ0n) is 15.6. The second kappa shape index (κ2) is 7.61. The van der Waals surface area contributed by atoms with Crippen molar-refractivity contribution in [1.82, 2.24) is 0 Å². The van der Waals surface area contributed by atoms with Gasteiger partial charge in [0.05, 0.1) is 11.1 Å². The van der Waals surface area contributed by atoms with E-state index in [0.29, 0.717) is 33.4 Å². The summed E-state index contributed by atoms with van der Waals surface area (Å²) >= 11 is 3.12. The highest BCUT2D eigenvalue weighted by Gasteiger charge is 2.33. The summed E-state index contributed by atoms with van der Waals surface area (Å²) in [7, 11) is 0. The van der Waals surface area contributed by atoms with Gasteiger partial charge < -0.3 is 0 Å². The van der Waals surface area contributed by atoms with Crippen molar-refractivity contribution in [3.63, 3.8) is 0 Å². The molecule has 4 aromatic rings. The van der Waals surface area contributed by atoms with Gasteiger partial charge in [0.1, 0.15) is 0 Å². The van der Waals surface area contributed by atoms with E-state index in [1.807, 2.05) is 33.7 Å². The zero-order valence-corrected chi connectivity index (χ0v) is 17.2. The average molecular weight is 421 g/mol. The van der Waals surface area contributed by atoms with Gasteiger partial charge in [-0.2, -0.15) is 22.7 Å². The smallest absolute Gasteiger partial charge is 0.195 e. The standard InChI is InChI=1S/C26H12O2S2/c27-25-21-3-1-2-4-22(21)26(28)24-20(8-6-18-12-14-30-16-18)10-9-19(23(24)25)7-5-17-11-13-29-15-17/h1-4,9-16H. The summed E-state index contributed by atoms with van der Waals surface area (Å²) in [5, 5.41) is 7.80. The molecule has 1 aliphatic rings. The maximum atomic E-state index is 13.4. The topological polar surface area (TPSA) is 34.1 Å². The van der Waals surface area contributed by atoms with E-state index >= 15 is 0 Å². The number of carbonyl (C=O) groups is 2. The molecule has 0 aliphatic heterocycles. The molecule has 0 saturated heterocycles. The minimum atomic E-state index is -0.186. The van der Waals surface area contributed by atoms with Gasteiger partial charge in [0, 0.05) is 44.1 Å². The fourth-order valence-corrected chi connectivity index (χ4v) is 4.56. The molecule has 0 spiro atoms. The minimum Gasteiger partial charge on any atom is -0.289 e. The summed E-state index contributed by atoms with van der Waals surface area (Å²) in [6.07, 6.45) is 0. The lowest BCUT2D eigenvalue weighted by Crippen LogP contribution is -2.23. The fraction of sp³-hybridized carbons (Fsp3) is 0. The molecule has 2 aromatic heterocycles. The van der Waals surface area contributed by atoms with E-state index in [1.165, 1.54) is 0 Å². The third kappa shape index (κ3) is 3.19. The van der Waals surface area contributed by atoms with E-state index in [4.69, 9.17) is 0 Å². The highest BCUT2D eigenvalue weighted by atomic mass is 32.1. The molecule has 2 heterocycles. The Bertz CT molecular complexity index is 1310. The van der Waals surface area contributed by atoms with E-state index in [1.54, 1.807) is 59.1 Å². The molecule has 0 atom stereocenters. The Morgan fingerprint density at radius 2 is 1.03 bits per heavy atom. The molecule has 0 N–H and O–H groups in total. The first-order valence-electron chi connectivity index (χ1n) is 9.16. The van der Waals surface area contributed by atoms with Gasteiger partial charge in [0.2, 0.25) is 0 Å². The van der Waals surface area contributed by atoms with Crippen molar-refractivity contribution < 1.29 is 9.59 Å². The maximum Gasteiger partial charge on any atom is 0.195 e. The molecule has 2 aromatic carbocycles. The van der Waals surface area contributed by atoms with Crippen LogP contribution in [0.2, 0.25) is 0 Å². The number of ketones is 2.